The molecular weight excluding hydrogens is 260 g/mol. The van der Waals surface area contributed by atoms with Gasteiger partial charge >= 0.3 is 6.09 Å². The number of likely N-dealkylation sites (tertiary alicyclic amines) is 1. The van der Waals surface area contributed by atoms with E-state index in [2.05, 4.69) is 0 Å². The van der Waals surface area contributed by atoms with Crippen molar-refractivity contribution in [1.29, 1.82) is 0 Å². The van der Waals surface area contributed by atoms with Crippen molar-refractivity contribution in [3.8, 4) is 5.75 Å². The number of hydrogen-bond acceptors (Lipinski definition) is 4. The zero-order valence-electron chi connectivity index (χ0n) is 11.6. The van der Waals surface area contributed by atoms with E-state index in [1.54, 1.807) is 18.9 Å². The van der Waals surface area contributed by atoms with Crippen LogP contribution >= 0.6 is 0 Å². The van der Waals surface area contributed by atoms with Crippen LogP contribution in [0.2, 0.25) is 0 Å². The lowest BCUT2D eigenvalue weighted by Gasteiger charge is -2.22. The molecule has 1 aromatic rings. The Kier molecular flexibility index (Phi) is 3.83. The number of methoxy groups -OCH3 is 1. The van der Waals surface area contributed by atoms with Gasteiger partial charge in [0.05, 0.1) is 7.11 Å². The number of primary amides is 1. The summed E-state index contributed by atoms with van der Waals surface area (Å²) >= 11 is 0. The predicted molar refractivity (Wildman–Crippen MR) is 72.1 cm³/mol. The molecule has 1 saturated heterocycles. The average molecular weight is 278 g/mol. The van der Waals surface area contributed by atoms with E-state index in [1.807, 2.05) is 24.3 Å². The second kappa shape index (κ2) is 5.40. The highest BCUT2D eigenvalue weighted by Crippen LogP contribution is 2.28. The van der Waals surface area contributed by atoms with Gasteiger partial charge in [-0.3, -0.25) is 4.79 Å². The summed E-state index contributed by atoms with van der Waals surface area (Å²) in [6.07, 6.45) is -0.475. The van der Waals surface area contributed by atoms with Crippen molar-refractivity contribution in [3.63, 3.8) is 0 Å². The molecule has 6 nitrogen and oxygen atoms in total. The third kappa shape index (κ3) is 2.84. The minimum absolute atomic E-state index is 0.216. The zero-order valence-corrected chi connectivity index (χ0v) is 11.6. The molecule has 1 unspecified atom stereocenters. The maximum absolute atomic E-state index is 12.3. The van der Waals surface area contributed by atoms with Gasteiger partial charge in [-0.2, -0.15) is 0 Å². The fourth-order valence-corrected chi connectivity index (χ4v) is 2.31. The lowest BCUT2D eigenvalue weighted by atomic mass is 10.1. The molecule has 0 saturated carbocycles. The van der Waals surface area contributed by atoms with Gasteiger partial charge in [-0.05, 0) is 24.6 Å². The van der Waals surface area contributed by atoms with Crippen LogP contribution in [0.4, 0.5) is 4.79 Å². The van der Waals surface area contributed by atoms with E-state index >= 15 is 0 Å². The third-order valence-electron chi connectivity index (χ3n) is 3.46. The van der Waals surface area contributed by atoms with Gasteiger partial charge in [0.1, 0.15) is 5.75 Å². The molecule has 0 bridgehead atoms. The lowest BCUT2D eigenvalue weighted by Crippen LogP contribution is -2.42. The van der Waals surface area contributed by atoms with Crippen LogP contribution in [-0.4, -0.2) is 36.2 Å². The fraction of sp³-hybridized carbons (Fsp3) is 0.429. The minimum Gasteiger partial charge on any atom is -0.497 e. The van der Waals surface area contributed by atoms with Crippen molar-refractivity contribution in [2.75, 3.05) is 13.7 Å². The third-order valence-corrected chi connectivity index (χ3v) is 3.46. The fourth-order valence-electron chi connectivity index (χ4n) is 2.31. The maximum atomic E-state index is 12.3. The van der Waals surface area contributed by atoms with Crippen LogP contribution in [0.1, 0.15) is 18.9 Å². The Morgan fingerprint density at radius 1 is 1.40 bits per heavy atom. The number of amides is 2. The van der Waals surface area contributed by atoms with E-state index < -0.39 is 11.7 Å². The first-order valence-electron chi connectivity index (χ1n) is 6.35. The molecule has 1 fully saturated rings. The Hall–Kier alpha value is -2.24. The summed E-state index contributed by atoms with van der Waals surface area (Å²) < 4.78 is 10.0. The van der Waals surface area contributed by atoms with E-state index in [9.17, 15) is 9.59 Å². The van der Waals surface area contributed by atoms with E-state index in [1.165, 1.54) is 0 Å². The number of nitrogens with zero attached hydrogens (tertiary/aromatic N) is 1. The van der Waals surface area contributed by atoms with Gasteiger partial charge in [0.15, 0.2) is 5.60 Å². The Balaban J connectivity index is 2.04. The summed E-state index contributed by atoms with van der Waals surface area (Å²) in [4.78, 5) is 24.8. The quantitative estimate of drug-likeness (QED) is 0.899. The Bertz CT molecular complexity index is 514. The molecule has 1 aliphatic rings. The molecule has 0 radical (unpaired) electrons. The summed E-state index contributed by atoms with van der Waals surface area (Å²) in [5.74, 6) is 0.551. The molecular formula is C14H18N2O4. The Morgan fingerprint density at radius 2 is 2.05 bits per heavy atom. The molecule has 0 aromatic heterocycles. The van der Waals surface area contributed by atoms with Crippen molar-refractivity contribution in [1.82, 2.24) is 4.90 Å². The number of rotatable bonds is 4. The van der Waals surface area contributed by atoms with E-state index in [-0.39, 0.29) is 5.91 Å². The van der Waals surface area contributed by atoms with E-state index in [4.69, 9.17) is 15.2 Å². The smallest absolute Gasteiger partial charge is 0.405 e. The van der Waals surface area contributed by atoms with Gasteiger partial charge in [0, 0.05) is 19.5 Å². The average Bonchev–Trinajstić information content (AvgIpc) is 2.67. The van der Waals surface area contributed by atoms with Crippen LogP contribution < -0.4 is 10.5 Å². The van der Waals surface area contributed by atoms with Crippen LogP contribution in [0.25, 0.3) is 0 Å². The molecule has 1 heterocycles. The lowest BCUT2D eigenvalue weighted by molar-refractivity contribution is -0.142. The van der Waals surface area contributed by atoms with E-state index in [0.717, 1.165) is 11.3 Å². The van der Waals surface area contributed by atoms with Crippen LogP contribution in [0, 0.1) is 0 Å². The normalized spacial score (nSPS) is 21.9. The minimum atomic E-state index is -1.14. The van der Waals surface area contributed by atoms with Crippen LogP contribution in [0.5, 0.6) is 5.75 Å². The topological polar surface area (TPSA) is 81.9 Å². The highest BCUT2D eigenvalue weighted by Gasteiger charge is 2.45. The molecule has 20 heavy (non-hydrogen) atoms. The summed E-state index contributed by atoms with van der Waals surface area (Å²) in [7, 11) is 1.60. The van der Waals surface area contributed by atoms with Crippen molar-refractivity contribution in [2.45, 2.75) is 25.5 Å². The summed E-state index contributed by atoms with van der Waals surface area (Å²) in [6, 6.07) is 7.48. The van der Waals surface area contributed by atoms with Crippen LogP contribution in [0.15, 0.2) is 24.3 Å². The maximum Gasteiger partial charge on any atom is 0.405 e. The van der Waals surface area contributed by atoms with Gasteiger partial charge in [0.2, 0.25) is 0 Å². The number of benzene rings is 1. The molecule has 2 amide bonds. The van der Waals surface area contributed by atoms with Gasteiger partial charge in [-0.1, -0.05) is 12.1 Å². The van der Waals surface area contributed by atoms with E-state index in [0.29, 0.717) is 19.5 Å². The summed E-state index contributed by atoms with van der Waals surface area (Å²) in [5.41, 5.74) is 4.85. The second-order valence-corrected chi connectivity index (χ2v) is 4.98. The largest absolute Gasteiger partial charge is 0.497 e. The number of nitrogens with two attached hydrogens (primary N) is 1. The van der Waals surface area contributed by atoms with Gasteiger partial charge in [0.25, 0.3) is 5.91 Å². The number of carbonyl (C=O) groups is 2. The molecule has 0 spiro atoms. The van der Waals surface area contributed by atoms with Gasteiger partial charge in [-0.25, -0.2) is 4.79 Å². The standard InChI is InChI=1S/C14H18N2O4/c1-14(20-13(15)18)7-8-16(12(14)17)9-10-3-5-11(19-2)6-4-10/h3-6H,7-9H2,1-2H3,(H2,15,18). The predicted octanol–water partition coefficient (Wildman–Crippen LogP) is 1.28. The molecule has 6 heteroatoms. The van der Waals surface area contributed by atoms with Crippen molar-refractivity contribution in [3.05, 3.63) is 29.8 Å². The number of carbonyl (C=O) groups excluding carboxylic acids is 2. The van der Waals surface area contributed by atoms with Crippen molar-refractivity contribution < 1.29 is 19.1 Å². The molecule has 1 aliphatic heterocycles. The van der Waals surface area contributed by atoms with Crippen molar-refractivity contribution in [2.24, 2.45) is 5.73 Å². The number of hydrogen-bond donors (Lipinski definition) is 1. The monoisotopic (exact) mass is 278 g/mol. The molecule has 1 atom stereocenters. The Morgan fingerprint density at radius 3 is 2.60 bits per heavy atom. The Labute approximate surface area is 117 Å². The highest BCUT2D eigenvalue weighted by atomic mass is 16.6. The molecule has 1 aromatic carbocycles. The molecule has 2 N–H and O–H groups in total. The summed E-state index contributed by atoms with van der Waals surface area (Å²) in [5, 5.41) is 0. The molecule has 0 aliphatic carbocycles. The first-order valence-corrected chi connectivity index (χ1v) is 6.35. The highest BCUT2D eigenvalue weighted by molar-refractivity contribution is 5.89. The van der Waals surface area contributed by atoms with Crippen LogP contribution in [0.3, 0.4) is 0 Å². The molecule has 108 valence electrons. The van der Waals surface area contributed by atoms with Gasteiger partial charge in [-0.15, -0.1) is 0 Å². The number of ether oxygens (including phenoxy) is 2. The van der Waals surface area contributed by atoms with Gasteiger partial charge < -0.3 is 20.1 Å². The van der Waals surface area contributed by atoms with Crippen LogP contribution in [-0.2, 0) is 16.1 Å². The first-order chi connectivity index (χ1) is 9.44. The first kappa shape index (κ1) is 14.2. The SMILES string of the molecule is COc1ccc(CN2CCC(C)(OC(N)=O)C2=O)cc1. The van der Waals surface area contributed by atoms with Crippen molar-refractivity contribution >= 4 is 12.0 Å². The molecule has 2 rings (SSSR count). The second-order valence-electron chi connectivity index (χ2n) is 4.98. The zero-order chi connectivity index (χ0) is 14.8. The summed E-state index contributed by atoms with van der Waals surface area (Å²) in [6.45, 7) is 2.60.